The second-order valence-electron chi connectivity index (χ2n) is 6.99. The smallest absolute Gasteiger partial charge is 0.277 e. The number of hydrogen-bond acceptors (Lipinski definition) is 7. The summed E-state index contributed by atoms with van der Waals surface area (Å²) in [5.74, 6) is 0.983. The number of primary amides is 1. The fourth-order valence-corrected chi connectivity index (χ4v) is 2.77. The fraction of sp³-hybridized carbons (Fsp3) is 0.160. The summed E-state index contributed by atoms with van der Waals surface area (Å²) in [5, 5.41) is 3.91. The molecule has 3 aromatic rings. The lowest BCUT2D eigenvalue weighted by atomic mass is 10.2. The molecular formula is C25H25N3O6. The Hall–Kier alpha value is -4.53. The first-order valence-electron chi connectivity index (χ1n) is 10.3. The van der Waals surface area contributed by atoms with Crippen molar-refractivity contribution in [2.75, 3.05) is 20.3 Å². The number of ether oxygens (including phenoxy) is 4. The van der Waals surface area contributed by atoms with Crippen LogP contribution >= 0.6 is 0 Å². The van der Waals surface area contributed by atoms with Gasteiger partial charge in [0.05, 0.1) is 13.3 Å². The lowest BCUT2D eigenvalue weighted by Crippen LogP contribution is -2.24. The van der Waals surface area contributed by atoms with E-state index in [9.17, 15) is 9.59 Å². The van der Waals surface area contributed by atoms with Crippen LogP contribution in [0.15, 0.2) is 77.9 Å². The number of carbonyl (C=O) groups excluding carboxylic acids is 2. The largest absolute Gasteiger partial charge is 0.493 e. The van der Waals surface area contributed by atoms with Gasteiger partial charge in [0.25, 0.3) is 11.8 Å². The van der Waals surface area contributed by atoms with Crippen molar-refractivity contribution >= 4 is 18.0 Å². The molecule has 9 heteroatoms. The summed E-state index contributed by atoms with van der Waals surface area (Å²) in [5.41, 5.74) is 9.19. The van der Waals surface area contributed by atoms with Crippen LogP contribution in [-0.2, 0) is 16.2 Å². The fourth-order valence-electron chi connectivity index (χ4n) is 2.77. The maximum absolute atomic E-state index is 12.0. The monoisotopic (exact) mass is 463 g/mol. The summed E-state index contributed by atoms with van der Waals surface area (Å²) in [4.78, 5) is 22.9. The predicted octanol–water partition coefficient (Wildman–Crippen LogP) is 2.67. The Bertz CT molecular complexity index is 1120. The van der Waals surface area contributed by atoms with Crippen LogP contribution in [0.4, 0.5) is 0 Å². The molecule has 0 fully saturated rings. The maximum Gasteiger partial charge on any atom is 0.277 e. The van der Waals surface area contributed by atoms with E-state index in [0.717, 1.165) is 5.56 Å². The van der Waals surface area contributed by atoms with Crippen molar-refractivity contribution in [1.29, 1.82) is 0 Å². The number of amides is 2. The molecule has 0 radical (unpaired) electrons. The van der Waals surface area contributed by atoms with Gasteiger partial charge in [0.1, 0.15) is 18.1 Å². The quantitative estimate of drug-likeness (QED) is 0.315. The Balaban J connectivity index is 1.42. The Labute approximate surface area is 197 Å². The van der Waals surface area contributed by atoms with Crippen molar-refractivity contribution in [1.82, 2.24) is 5.43 Å². The van der Waals surface area contributed by atoms with E-state index >= 15 is 0 Å². The Kier molecular flexibility index (Phi) is 8.86. The highest BCUT2D eigenvalue weighted by Gasteiger charge is 2.07. The van der Waals surface area contributed by atoms with Crippen molar-refractivity contribution < 1.29 is 28.5 Å². The molecule has 9 nitrogen and oxygen atoms in total. The number of methoxy groups -OCH3 is 1. The third-order valence-corrected chi connectivity index (χ3v) is 4.40. The number of hydrazone groups is 1. The Morgan fingerprint density at radius 1 is 0.882 bits per heavy atom. The topological polar surface area (TPSA) is 121 Å². The molecule has 3 rings (SSSR count). The van der Waals surface area contributed by atoms with Crippen LogP contribution in [0.3, 0.4) is 0 Å². The van der Waals surface area contributed by atoms with Gasteiger partial charge in [-0.3, -0.25) is 9.59 Å². The highest BCUT2D eigenvalue weighted by molar-refractivity contribution is 5.83. The first-order chi connectivity index (χ1) is 16.5. The zero-order chi connectivity index (χ0) is 24.2. The summed E-state index contributed by atoms with van der Waals surface area (Å²) in [6.45, 7) is 0.00449. The highest BCUT2D eigenvalue weighted by Crippen LogP contribution is 2.27. The van der Waals surface area contributed by atoms with E-state index in [2.05, 4.69) is 10.5 Å². The lowest BCUT2D eigenvalue weighted by Gasteiger charge is -2.10. The molecule has 3 N–H and O–H groups in total. The average molecular weight is 463 g/mol. The Morgan fingerprint density at radius 2 is 1.59 bits per heavy atom. The molecule has 0 atom stereocenters. The summed E-state index contributed by atoms with van der Waals surface area (Å²) in [7, 11) is 1.47. The summed E-state index contributed by atoms with van der Waals surface area (Å²) < 4.78 is 21.7. The minimum atomic E-state index is -0.593. The van der Waals surface area contributed by atoms with Gasteiger partial charge in [0, 0.05) is 0 Å². The maximum atomic E-state index is 12.0. The van der Waals surface area contributed by atoms with E-state index in [4.69, 9.17) is 24.7 Å². The van der Waals surface area contributed by atoms with Gasteiger partial charge in [-0.25, -0.2) is 5.43 Å². The van der Waals surface area contributed by atoms with Gasteiger partial charge in [0.15, 0.2) is 24.7 Å². The summed E-state index contributed by atoms with van der Waals surface area (Å²) in [6, 6.07) is 21.8. The van der Waals surface area contributed by atoms with Crippen LogP contribution in [-0.4, -0.2) is 38.4 Å². The molecule has 0 aliphatic carbocycles. The lowest BCUT2D eigenvalue weighted by molar-refractivity contribution is -0.123. The molecular weight excluding hydrogens is 438 g/mol. The third-order valence-electron chi connectivity index (χ3n) is 4.40. The van der Waals surface area contributed by atoms with Crippen LogP contribution in [0.5, 0.6) is 23.0 Å². The van der Waals surface area contributed by atoms with Crippen LogP contribution in [0.1, 0.15) is 11.1 Å². The van der Waals surface area contributed by atoms with Crippen LogP contribution < -0.4 is 30.1 Å². The second-order valence-corrected chi connectivity index (χ2v) is 6.99. The first kappa shape index (κ1) is 24.1. The summed E-state index contributed by atoms with van der Waals surface area (Å²) in [6.07, 6.45) is 1.44. The molecule has 0 spiro atoms. The molecule has 34 heavy (non-hydrogen) atoms. The SMILES string of the molecule is COc1cc(/C=N/NC(=O)COc2ccc(OCc3ccccc3)cc2)ccc1OCC(N)=O. The van der Waals surface area contributed by atoms with Gasteiger partial charge in [-0.2, -0.15) is 5.10 Å². The number of nitrogens with two attached hydrogens (primary N) is 1. The molecule has 0 saturated heterocycles. The predicted molar refractivity (Wildman–Crippen MR) is 126 cm³/mol. The third kappa shape index (κ3) is 7.86. The van der Waals surface area contributed by atoms with Gasteiger partial charge in [-0.15, -0.1) is 0 Å². The van der Waals surface area contributed by atoms with E-state index in [0.29, 0.717) is 35.2 Å². The minimum Gasteiger partial charge on any atom is -0.493 e. The number of nitrogens with one attached hydrogen (secondary N) is 1. The van der Waals surface area contributed by atoms with Crippen molar-refractivity contribution in [2.24, 2.45) is 10.8 Å². The average Bonchev–Trinajstić information content (AvgIpc) is 2.86. The van der Waals surface area contributed by atoms with Gasteiger partial charge in [-0.05, 0) is 53.6 Å². The first-order valence-corrected chi connectivity index (χ1v) is 10.3. The van der Waals surface area contributed by atoms with Gasteiger partial charge in [0.2, 0.25) is 0 Å². The van der Waals surface area contributed by atoms with Crippen LogP contribution in [0, 0.1) is 0 Å². The molecule has 2 amide bonds. The zero-order valence-corrected chi connectivity index (χ0v) is 18.6. The molecule has 0 unspecified atom stereocenters. The van der Waals surface area contributed by atoms with Crippen molar-refractivity contribution in [3.63, 3.8) is 0 Å². The minimum absolute atomic E-state index is 0.204. The molecule has 0 aromatic heterocycles. The van der Waals surface area contributed by atoms with Gasteiger partial charge >= 0.3 is 0 Å². The molecule has 0 aliphatic heterocycles. The van der Waals surface area contributed by atoms with Gasteiger partial charge < -0.3 is 24.7 Å². The van der Waals surface area contributed by atoms with E-state index < -0.39 is 11.8 Å². The highest BCUT2D eigenvalue weighted by atomic mass is 16.5. The number of rotatable bonds is 12. The number of carbonyl (C=O) groups is 2. The number of benzene rings is 3. The van der Waals surface area contributed by atoms with E-state index in [1.807, 2.05) is 30.3 Å². The zero-order valence-electron chi connectivity index (χ0n) is 18.6. The van der Waals surface area contributed by atoms with Gasteiger partial charge in [-0.1, -0.05) is 30.3 Å². The molecule has 0 aliphatic rings. The molecule has 0 saturated carbocycles. The van der Waals surface area contributed by atoms with E-state index in [-0.39, 0.29) is 13.2 Å². The van der Waals surface area contributed by atoms with Crippen molar-refractivity contribution in [3.05, 3.63) is 83.9 Å². The van der Waals surface area contributed by atoms with Crippen molar-refractivity contribution in [2.45, 2.75) is 6.61 Å². The van der Waals surface area contributed by atoms with Crippen LogP contribution in [0.25, 0.3) is 0 Å². The molecule has 0 bridgehead atoms. The van der Waals surface area contributed by atoms with E-state index in [1.165, 1.54) is 13.3 Å². The van der Waals surface area contributed by atoms with E-state index in [1.54, 1.807) is 42.5 Å². The van der Waals surface area contributed by atoms with Crippen LogP contribution in [0.2, 0.25) is 0 Å². The normalized spacial score (nSPS) is 10.5. The Morgan fingerprint density at radius 3 is 2.26 bits per heavy atom. The molecule has 176 valence electrons. The molecule has 0 heterocycles. The summed E-state index contributed by atoms with van der Waals surface area (Å²) >= 11 is 0. The van der Waals surface area contributed by atoms with Crippen molar-refractivity contribution in [3.8, 4) is 23.0 Å². The standard InChI is InChI=1S/C25H25N3O6/c1-31-23-13-19(7-12-22(23)34-16-24(26)29)14-27-28-25(30)17-33-21-10-8-20(9-11-21)32-15-18-5-3-2-4-6-18/h2-14H,15-17H2,1H3,(H2,26,29)(H,28,30)/b27-14+. The molecule has 3 aromatic carbocycles. The number of hydrogen-bond donors (Lipinski definition) is 2. The second kappa shape index (κ2) is 12.5. The number of nitrogens with zero attached hydrogens (tertiary/aromatic N) is 1.